The van der Waals surface area contributed by atoms with Crippen LogP contribution in [0.1, 0.15) is 37.3 Å². The fraction of sp³-hybridized carbons (Fsp3) is 0.538. The van der Waals surface area contributed by atoms with Crippen molar-refractivity contribution < 1.29 is 27.6 Å². The van der Waals surface area contributed by atoms with E-state index in [0.29, 0.717) is 6.42 Å². The Morgan fingerprint density at radius 1 is 1.20 bits per heavy atom. The second-order valence-electron chi connectivity index (χ2n) is 4.57. The Morgan fingerprint density at radius 2 is 1.70 bits per heavy atom. The van der Waals surface area contributed by atoms with E-state index in [1.807, 2.05) is 6.92 Å². The minimum atomic E-state index is -4.49. The van der Waals surface area contributed by atoms with E-state index in [4.69, 9.17) is 9.47 Å². The van der Waals surface area contributed by atoms with Crippen molar-refractivity contribution >= 4 is 10.1 Å². The van der Waals surface area contributed by atoms with Crippen LogP contribution in [-0.2, 0) is 10.1 Å². The lowest BCUT2D eigenvalue weighted by atomic mass is 9.94. The molecule has 6 nitrogen and oxygen atoms in total. The summed E-state index contributed by atoms with van der Waals surface area (Å²) in [5.41, 5.74) is 0.352. The van der Waals surface area contributed by atoms with Crippen molar-refractivity contribution in [2.75, 3.05) is 14.2 Å². The number of methoxy groups -OCH3 is 2. The molecule has 1 unspecified atom stereocenters. The number of hydrogen-bond acceptors (Lipinski definition) is 5. The Kier molecular flexibility index (Phi) is 4.88. The van der Waals surface area contributed by atoms with Gasteiger partial charge in [0, 0.05) is 11.1 Å². The van der Waals surface area contributed by atoms with Crippen LogP contribution in [-0.4, -0.2) is 32.3 Å². The van der Waals surface area contributed by atoms with Crippen LogP contribution in [0.25, 0.3) is 0 Å². The van der Waals surface area contributed by atoms with Crippen LogP contribution in [0.3, 0.4) is 0 Å². The molecule has 0 aliphatic rings. The lowest BCUT2D eigenvalue weighted by Gasteiger charge is -2.22. The van der Waals surface area contributed by atoms with Gasteiger partial charge in [0.2, 0.25) is 5.75 Å². The van der Waals surface area contributed by atoms with E-state index in [2.05, 4.69) is 0 Å². The predicted octanol–water partition coefficient (Wildman–Crippen LogP) is 2.48. The molecule has 0 aromatic heterocycles. The van der Waals surface area contributed by atoms with Crippen molar-refractivity contribution in [3.63, 3.8) is 0 Å². The molecule has 0 fully saturated rings. The Morgan fingerprint density at radius 3 is 2.05 bits per heavy atom. The van der Waals surface area contributed by atoms with Crippen molar-refractivity contribution in [1.29, 1.82) is 0 Å². The zero-order valence-corrected chi connectivity index (χ0v) is 13.0. The Bertz CT molecular complexity index is 606. The molecule has 0 aliphatic carbocycles. The van der Waals surface area contributed by atoms with Gasteiger partial charge in [-0.2, -0.15) is 8.42 Å². The summed E-state index contributed by atoms with van der Waals surface area (Å²) in [6.07, 6.45) is 0.588. The van der Waals surface area contributed by atoms with Crippen molar-refractivity contribution in [2.45, 2.75) is 38.0 Å². The van der Waals surface area contributed by atoms with Crippen LogP contribution >= 0.6 is 0 Å². The number of aromatic hydroxyl groups is 1. The minimum Gasteiger partial charge on any atom is -0.504 e. The summed E-state index contributed by atoms with van der Waals surface area (Å²) in [6.45, 7) is 5.11. The van der Waals surface area contributed by atoms with Gasteiger partial charge in [-0.15, -0.1) is 0 Å². The molecule has 7 heteroatoms. The highest BCUT2D eigenvalue weighted by Crippen LogP contribution is 2.48. The first-order valence-corrected chi connectivity index (χ1v) is 7.59. The molecular weight excluding hydrogens is 284 g/mol. The first-order valence-electron chi connectivity index (χ1n) is 6.15. The molecule has 0 bridgehead atoms. The van der Waals surface area contributed by atoms with Gasteiger partial charge in [0.15, 0.2) is 11.5 Å². The minimum absolute atomic E-state index is 0.0627. The van der Waals surface area contributed by atoms with Gasteiger partial charge < -0.3 is 14.6 Å². The van der Waals surface area contributed by atoms with E-state index < -0.39 is 10.1 Å². The van der Waals surface area contributed by atoms with Crippen LogP contribution in [0.15, 0.2) is 4.90 Å². The molecule has 0 aliphatic heterocycles. The number of benzene rings is 1. The molecule has 0 saturated carbocycles. The van der Waals surface area contributed by atoms with E-state index in [0.717, 1.165) is 0 Å². The van der Waals surface area contributed by atoms with Crippen LogP contribution in [0, 0.1) is 6.92 Å². The average Bonchev–Trinajstić information content (AvgIpc) is 2.37. The second kappa shape index (κ2) is 5.88. The maximum absolute atomic E-state index is 11.7. The Hall–Kier alpha value is -1.47. The van der Waals surface area contributed by atoms with Crippen LogP contribution < -0.4 is 9.47 Å². The topological polar surface area (TPSA) is 93.1 Å². The second-order valence-corrected chi connectivity index (χ2v) is 5.93. The van der Waals surface area contributed by atoms with Gasteiger partial charge in [-0.25, -0.2) is 0 Å². The maximum Gasteiger partial charge on any atom is 0.295 e. The molecule has 2 N–H and O–H groups in total. The van der Waals surface area contributed by atoms with Gasteiger partial charge >= 0.3 is 0 Å². The third-order valence-corrected chi connectivity index (χ3v) is 4.42. The molecule has 1 aromatic rings. The molecule has 0 heterocycles. The Balaban J connectivity index is 3.95. The van der Waals surface area contributed by atoms with Gasteiger partial charge in [-0.1, -0.05) is 13.8 Å². The molecule has 0 spiro atoms. The van der Waals surface area contributed by atoms with Crippen molar-refractivity contribution in [2.24, 2.45) is 0 Å². The number of phenolic OH excluding ortho intramolecular Hbond substituents is 1. The van der Waals surface area contributed by atoms with E-state index in [1.165, 1.54) is 21.1 Å². The Labute approximate surface area is 119 Å². The molecular formula is C13H20O6S. The zero-order chi connectivity index (χ0) is 15.7. The summed E-state index contributed by atoms with van der Waals surface area (Å²) in [5, 5.41) is 10.3. The summed E-state index contributed by atoms with van der Waals surface area (Å²) in [7, 11) is -1.81. The average molecular weight is 304 g/mol. The summed E-state index contributed by atoms with van der Waals surface area (Å²) in [4.78, 5) is -0.318. The fourth-order valence-corrected chi connectivity index (χ4v) is 3.30. The number of ether oxygens (including phenoxy) is 2. The molecule has 114 valence electrons. The maximum atomic E-state index is 11.7. The molecule has 1 rings (SSSR count). The van der Waals surface area contributed by atoms with Gasteiger partial charge in [-0.05, 0) is 19.3 Å². The smallest absolute Gasteiger partial charge is 0.295 e. The van der Waals surface area contributed by atoms with Crippen LogP contribution in [0.2, 0.25) is 0 Å². The molecule has 1 atom stereocenters. The van der Waals surface area contributed by atoms with Crippen molar-refractivity contribution in [3.8, 4) is 17.2 Å². The summed E-state index contributed by atoms with van der Waals surface area (Å²) in [5.74, 6) is -0.445. The van der Waals surface area contributed by atoms with E-state index >= 15 is 0 Å². The van der Waals surface area contributed by atoms with Gasteiger partial charge in [0.25, 0.3) is 10.1 Å². The largest absolute Gasteiger partial charge is 0.504 e. The van der Waals surface area contributed by atoms with Crippen LogP contribution in [0.4, 0.5) is 0 Å². The third-order valence-electron chi connectivity index (χ3n) is 3.37. The van der Waals surface area contributed by atoms with Gasteiger partial charge in [0.05, 0.1) is 14.2 Å². The molecule has 0 saturated heterocycles. The molecule has 1 aromatic carbocycles. The van der Waals surface area contributed by atoms with E-state index in [9.17, 15) is 18.1 Å². The normalized spacial score (nSPS) is 13.1. The third kappa shape index (κ3) is 2.69. The number of hydrogen-bond donors (Lipinski definition) is 2. The molecule has 20 heavy (non-hydrogen) atoms. The van der Waals surface area contributed by atoms with E-state index in [-0.39, 0.29) is 39.2 Å². The molecule has 0 radical (unpaired) electrons. The first kappa shape index (κ1) is 16.6. The van der Waals surface area contributed by atoms with Gasteiger partial charge in [-0.3, -0.25) is 4.55 Å². The van der Waals surface area contributed by atoms with E-state index in [1.54, 1.807) is 6.92 Å². The lowest BCUT2D eigenvalue weighted by molar-refractivity contribution is 0.325. The monoisotopic (exact) mass is 304 g/mol. The quantitative estimate of drug-likeness (QED) is 0.812. The zero-order valence-electron chi connectivity index (χ0n) is 12.2. The highest BCUT2D eigenvalue weighted by atomic mass is 32.2. The highest BCUT2D eigenvalue weighted by molar-refractivity contribution is 7.86. The summed E-state index contributed by atoms with van der Waals surface area (Å²) >= 11 is 0. The first-order chi connectivity index (χ1) is 9.20. The highest BCUT2D eigenvalue weighted by Gasteiger charge is 2.31. The van der Waals surface area contributed by atoms with Gasteiger partial charge in [0.1, 0.15) is 4.90 Å². The fourth-order valence-electron chi connectivity index (χ4n) is 2.24. The SMILES string of the molecule is CCC(C)c1c(O)c(OC)c(OC)c(C)c1S(=O)(=O)O. The summed E-state index contributed by atoms with van der Waals surface area (Å²) in [6, 6.07) is 0. The number of rotatable bonds is 5. The number of phenols is 1. The lowest BCUT2D eigenvalue weighted by Crippen LogP contribution is -2.11. The van der Waals surface area contributed by atoms with Crippen molar-refractivity contribution in [1.82, 2.24) is 0 Å². The molecule has 0 amide bonds. The summed E-state index contributed by atoms with van der Waals surface area (Å²) < 4.78 is 43.0. The van der Waals surface area contributed by atoms with Crippen LogP contribution in [0.5, 0.6) is 17.2 Å². The predicted molar refractivity (Wildman–Crippen MR) is 74.5 cm³/mol. The standard InChI is InChI=1S/C13H20O6S/c1-6-7(2)9-10(14)12(19-5)11(18-4)8(3)13(9)20(15,16)17/h7,14H,6H2,1-5H3,(H,15,16,17). The van der Waals surface area contributed by atoms with Crippen molar-refractivity contribution in [3.05, 3.63) is 11.1 Å².